The maximum atomic E-state index is 9.10. The van der Waals surface area contributed by atoms with Gasteiger partial charge in [-0.3, -0.25) is 0 Å². The minimum Gasteiger partial charge on any atom is -0.399 e. The van der Waals surface area contributed by atoms with E-state index in [0.29, 0.717) is 17.1 Å². The Morgan fingerprint density at radius 3 is 2.53 bits per heavy atom. The number of rotatable bonds is 4. The minimum atomic E-state index is 0.0491. The van der Waals surface area contributed by atoms with Crippen LogP contribution in [0, 0.1) is 5.41 Å². The molecule has 0 saturated carbocycles. The van der Waals surface area contributed by atoms with Crippen LogP contribution in [0.25, 0.3) is 0 Å². The van der Waals surface area contributed by atoms with Gasteiger partial charge in [-0.2, -0.15) is 0 Å². The number of halogens is 1. The molecule has 17 heavy (non-hydrogen) atoms. The van der Waals surface area contributed by atoms with Crippen LogP contribution in [0.2, 0.25) is 5.02 Å². The highest BCUT2D eigenvalue weighted by molar-refractivity contribution is 6.33. The van der Waals surface area contributed by atoms with Crippen molar-refractivity contribution < 1.29 is 5.11 Å². The van der Waals surface area contributed by atoms with Crippen molar-refractivity contribution in [2.75, 3.05) is 17.7 Å². The third-order valence-electron chi connectivity index (χ3n) is 2.79. The van der Waals surface area contributed by atoms with Crippen molar-refractivity contribution in [1.29, 1.82) is 0 Å². The maximum Gasteiger partial charge on any atom is 0.0658 e. The summed E-state index contributed by atoms with van der Waals surface area (Å²) in [6.07, 6.45) is 0.685. The number of hydrogen-bond donors (Lipinski definition) is 3. The van der Waals surface area contributed by atoms with Crippen LogP contribution in [-0.4, -0.2) is 17.8 Å². The van der Waals surface area contributed by atoms with Crippen LogP contribution in [0.5, 0.6) is 0 Å². The molecule has 0 heterocycles. The first-order chi connectivity index (χ1) is 7.84. The molecule has 4 heteroatoms. The molecule has 0 spiro atoms. The summed E-state index contributed by atoms with van der Waals surface area (Å²) in [6, 6.07) is 5.57. The van der Waals surface area contributed by atoms with Gasteiger partial charge in [0.1, 0.15) is 0 Å². The fourth-order valence-electron chi connectivity index (χ4n) is 1.69. The smallest absolute Gasteiger partial charge is 0.0658 e. The molecule has 0 fully saturated rings. The van der Waals surface area contributed by atoms with E-state index >= 15 is 0 Å². The third kappa shape index (κ3) is 4.10. The summed E-state index contributed by atoms with van der Waals surface area (Å²) in [7, 11) is 0. The molecule has 0 bridgehead atoms. The van der Waals surface area contributed by atoms with Crippen LogP contribution >= 0.6 is 11.6 Å². The molecule has 4 N–H and O–H groups in total. The Morgan fingerprint density at radius 2 is 2.06 bits per heavy atom. The molecule has 1 unspecified atom stereocenters. The van der Waals surface area contributed by atoms with E-state index < -0.39 is 0 Å². The van der Waals surface area contributed by atoms with Crippen molar-refractivity contribution >= 4 is 23.0 Å². The highest BCUT2D eigenvalue weighted by Crippen LogP contribution is 2.30. The van der Waals surface area contributed by atoms with Gasteiger partial charge in [0.25, 0.3) is 0 Å². The van der Waals surface area contributed by atoms with Gasteiger partial charge in [-0.05, 0) is 30.0 Å². The highest BCUT2D eigenvalue weighted by atomic mass is 35.5. The molecule has 0 aliphatic rings. The van der Waals surface area contributed by atoms with E-state index in [2.05, 4.69) is 26.1 Å². The first kappa shape index (κ1) is 14.1. The monoisotopic (exact) mass is 256 g/mol. The summed E-state index contributed by atoms with van der Waals surface area (Å²) in [6.45, 7) is 6.55. The average Bonchev–Trinajstić information content (AvgIpc) is 2.19. The topological polar surface area (TPSA) is 58.3 Å². The largest absolute Gasteiger partial charge is 0.399 e. The van der Waals surface area contributed by atoms with Crippen molar-refractivity contribution in [3.8, 4) is 0 Å². The van der Waals surface area contributed by atoms with E-state index in [0.717, 1.165) is 5.69 Å². The molecular formula is C13H21ClN2O. The number of nitrogens with one attached hydrogen (secondary N) is 1. The van der Waals surface area contributed by atoms with E-state index in [1.54, 1.807) is 6.07 Å². The van der Waals surface area contributed by atoms with E-state index in [9.17, 15) is 0 Å². The SMILES string of the molecule is CC(C)(C)C(CCO)Nc1ccc(N)cc1Cl. The molecule has 1 atom stereocenters. The van der Waals surface area contributed by atoms with Crippen LogP contribution < -0.4 is 11.1 Å². The van der Waals surface area contributed by atoms with E-state index in [1.807, 2.05) is 12.1 Å². The Kier molecular flexibility index (Phi) is 4.66. The Balaban J connectivity index is 2.86. The molecule has 96 valence electrons. The Hall–Kier alpha value is -0.930. The lowest BCUT2D eigenvalue weighted by atomic mass is 9.85. The molecule has 0 amide bonds. The number of benzene rings is 1. The number of hydrogen-bond acceptors (Lipinski definition) is 3. The molecule has 3 nitrogen and oxygen atoms in total. The zero-order valence-electron chi connectivity index (χ0n) is 10.6. The van der Waals surface area contributed by atoms with Crippen molar-refractivity contribution in [3.05, 3.63) is 23.2 Å². The van der Waals surface area contributed by atoms with E-state index in [-0.39, 0.29) is 18.1 Å². The minimum absolute atomic E-state index is 0.0491. The molecule has 0 aromatic heterocycles. The summed E-state index contributed by atoms with van der Waals surface area (Å²) in [5.41, 5.74) is 7.20. The second-order valence-electron chi connectivity index (χ2n) is 5.31. The zero-order valence-corrected chi connectivity index (χ0v) is 11.4. The standard InChI is InChI=1S/C13H21ClN2O/c1-13(2,3)12(6-7-17)16-11-5-4-9(15)8-10(11)14/h4-5,8,12,16-17H,6-7,15H2,1-3H3. The quantitative estimate of drug-likeness (QED) is 0.726. The maximum absolute atomic E-state index is 9.10. The number of anilines is 2. The molecule has 1 aromatic rings. The van der Waals surface area contributed by atoms with Crippen LogP contribution in [0.3, 0.4) is 0 Å². The molecule has 1 rings (SSSR count). The lowest BCUT2D eigenvalue weighted by molar-refractivity contribution is 0.235. The summed E-state index contributed by atoms with van der Waals surface area (Å²) in [4.78, 5) is 0. The second-order valence-corrected chi connectivity index (χ2v) is 5.72. The second kappa shape index (κ2) is 5.61. The molecular weight excluding hydrogens is 236 g/mol. The summed E-state index contributed by atoms with van der Waals surface area (Å²) in [5, 5.41) is 13.1. The predicted molar refractivity (Wildman–Crippen MR) is 74.4 cm³/mol. The molecule has 0 aliphatic carbocycles. The van der Waals surface area contributed by atoms with Crippen molar-refractivity contribution in [2.45, 2.75) is 33.2 Å². The van der Waals surface area contributed by atoms with Crippen LogP contribution in [0.15, 0.2) is 18.2 Å². The van der Waals surface area contributed by atoms with Gasteiger partial charge in [-0.25, -0.2) is 0 Å². The first-order valence-corrected chi connectivity index (χ1v) is 6.15. The zero-order chi connectivity index (χ0) is 13.1. The van der Waals surface area contributed by atoms with Gasteiger partial charge in [-0.1, -0.05) is 32.4 Å². The Labute approximate surface area is 108 Å². The molecule has 1 aromatic carbocycles. The molecule has 0 aliphatic heterocycles. The number of aliphatic hydroxyl groups is 1. The fourth-order valence-corrected chi connectivity index (χ4v) is 1.93. The summed E-state index contributed by atoms with van der Waals surface area (Å²) >= 11 is 6.12. The first-order valence-electron chi connectivity index (χ1n) is 5.77. The van der Waals surface area contributed by atoms with Crippen LogP contribution in [-0.2, 0) is 0 Å². The fraction of sp³-hybridized carbons (Fsp3) is 0.538. The van der Waals surface area contributed by atoms with Gasteiger partial charge in [0.2, 0.25) is 0 Å². The molecule has 0 saturated heterocycles. The number of nitrogen functional groups attached to an aromatic ring is 1. The van der Waals surface area contributed by atoms with E-state index in [1.165, 1.54) is 0 Å². The summed E-state index contributed by atoms with van der Waals surface area (Å²) < 4.78 is 0. The molecule has 0 radical (unpaired) electrons. The Bertz CT molecular complexity index is 374. The van der Waals surface area contributed by atoms with Crippen LogP contribution in [0.1, 0.15) is 27.2 Å². The van der Waals surface area contributed by atoms with Gasteiger partial charge in [0.05, 0.1) is 10.7 Å². The summed E-state index contributed by atoms with van der Waals surface area (Å²) in [5.74, 6) is 0. The van der Waals surface area contributed by atoms with Gasteiger partial charge in [-0.15, -0.1) is 0 Å². The average molecular weight is 257 g/mol. The van der Waals surface area contributed by atoms with Gasteiger partial charge >= 0.3 is 0 Å². The van der Waals surface area contributed by atoms with Crippen molar-refractivity contribution in [3.63, 3.8) is 0 Å². The lowest BCUT2D eigenvalue weighted by Crippen LogP contribution is -2.34. The van der Waals surface area contributed by atoms with E-state index in [4.69, 9.17) is 22.4 Å². The Morgan fingerprint density at radius 1 is 1.41 bits per heavy atom. The van der Waals surface area contributed by atoms with Gasteiger partial charge in [0.15, 0.2) is 0 Å². The predicted octanol–water partition coefficient (Wildman–Crippen LogP) is 3.13. The van der Waals surface area contributed by atoms with Crippen molar-refractivity contribution in [2.24, 2.45) is 5.41 Å². The van der Waals surface area contributed by atoms with Crippen LogP contribution in [0.4, 0.5) is 11.4 Å². The normalized spacial score (nSPS) is 13.5. The van der Waals surface area contributed by atoms with Crippen molar-refractivity contribution in [1.82, 2.24) is 0 Å². The van der Waals surface area contributed by atoms with Gasteiger partial charge < -0.3 is 16.2 Å². The van der Waals surface area contributed by atoms with Gasteiger partial charge in [0, 0.05) is 18.3 Å². The third-order valence-corrected chi connectivity index (χ3v) is 3.10. The number of nitrogens with two attached hydrogens (primary N) is 1. The highest BCUT2D eigenvalue weighted by Gasteiger charge is 2.24. The lowest BCUT2D eigenvalue weighted by Gasteiger charge is -2.32. The number of aliphatic hydroxyl groups excluding tert-OH is 1.